The Hall–Kier alpha value is -1.56. The number of amides is 1. The number of aryl methyl sites for hydroxylation is 1. The van der Waals surface area contributed by atoms with Gasteiger partial charge in [-0.05, 0) is 52.0 Å². The lowest BCUT2D eigenvalue weighted by molar-refractivity contribution is 0.0185. The van der Waals surface area contributed by atoms with Gasteiger partial charge in [0.05, 0.1) is 12.2 Å². The molecule has 1 amide bonds. The summed E-state index contributed by atoms with van der Waals surface area (Å²) in [5, 5.41) is 13.3. The fourth-order valence-corrected chi connectivity index (χ4v) is 2.63. The van der Waals surface area contributed by atoms with Crippen LogP contribution in [-0.4, -0.2) is 51.2 Å². The Labute approximate surface area is 132 Å². The number of aliphatic hydroxyl groups is 1. The number of ether oxygens (including phenoxy) is 1. The molecule has 0 unspecified atom stereocenters. The number of rotatable bonds is 4. The Morgan fingerprint density at radius 3 is 2.68 bits per heavy atom. The van der Waals surface area contributed by atoms with Crippen molar-refractivity contribution in [2.45, 2.75) is 58.1 Å². The van der Waals surface area contributed by atoms with Crippen LogP contribution in [0.25, 0.3) is 0 Å². The van der Waals surface area contributed by atoms with Crippen LogP contribution < -0.4 is 0 Å². The van der Waals surface area contributed by atoms with Crippen molar-refractivity contribution in [1.82, 2.24) is 14.7 Å². The molecule has 0 bridgehead atoms. The SMILES string of the molecule is CC(C)(C)OC(=O)N1CCC(n2cc(CCCO)cn2)CC1. The van der Waals surface area contributed by atoms with Crippen LogP contribution in [0.1, 0.15) is 51.6 Å². The van der Waals surface area contributed by atoms with E-state index in [0.29, 0.717) is 19.1 Å². The zero-order chi connectivity index (χ0) is 16.2. The summed E-state index contributed by atoms with van der Waals surface area (Å²) in [6, 6.07) is 0.335. The predicted octanol–water partition coefficient (Wildman–Crippen LogP) is 2.38. The Kier molecular flexibility index (Phi) is 5.45. The van der Waals surface area contributed by atoms with Crippen molar-refractivity contribution in [1.29, 1.82) is 0 Å². The summed E-state index contributed by atoms with van der Waals surface area (Å²) in [6.07, 6.45) is 7.10. The van der Waals surface area contributed by atoms with Crippen LogP contribution in [0, 0.1) is 0 Å². The van der Waals surface area contributed by atoms with Crippen molar-refractivity contribution < 1.29 is 14.6 Å². The summed E-state index contributed by atoms with van der Waals surface area (Å²) in [6.45, 7) is 7.26. The number of aliphatic hydroxyl groups excluding tert-OH is 1. The summed E-state index contributed by atoms with van der Waals surface area (Å²) in [7, 11) is 0. The average Bonchev–Trinajstić information content (AvgIpc) is 2.92. The molecule has 1 fully saturated rings. The number of carbonyl (C=O) groups is 1. The molecule has 1 aromatic rings. The maximum absolute atomic E-state index is 12.0. The molecule has 22 heavy (non-hydrogen) atoms. The van der Waals surface area contributed by atoms with E-state index in [1.807, 2.05) is 31.6 Å². The highest BCUT2D eigenvalue weighted by atomic mass is 16.6. The zero-order valence-corrected chi connectivity index (χ0v) is 13.8. The van der Waals surface area contributed by atoms with E-state index in [9.17, 15) is 4.79 Å². The molecule has 1 aliphatic heterocycles. The fourth-order valence-electron chi connectivity index (χ4n) is 2.63. The third-order valence-electron chi connectivity index (χ3n) is 3.77. The molecule has 1 aromatic heterocycles. The molecular formula is C16H27N3O3. The second-order valence-electron chi connectivity index (χ2n) is 6.85. The van der Waals surface area contributed by atoms with E-state index in [0.717, 1.165) is 31.2 Å². The van der Waals surface area contributed by atoms with E-state index in [-0.39, 0.29) is 12.7 Å². The van der Waals surface area contributed by atoms with Gasteiger partial charge in [-0.15, -0.1) is 0 Å². The molecule has 0 aromatic carbocycles. The minimum Gasteiger partial charge on any atom is -0.444 e. The molecule has 0 aliphatic carbocycles. The molecule has 0 atom stereocenters. The van der Waals surface area contributed by atoms with E-state index >= 15 is 0 Å². The zero-order valence-electron chi connectivity index (χ0n) is 13.8. The van der Waals surface area contributed by atoms with E-state index in [4.69, 9.17) is 9.84 Å². The van der Waals surface area contributed by atoms with Crippen molar-refractivity contribution in [3.63, 3.8) is 0 Å². The fraction of sp³-hybridized carbons (Fsp3) is 0.750. The number of aromatic nitrogens is 2. The number of nitrogens with zero attached hydrogens (tertiary/aromatic N) is 3. The summed E-state index contributed by atoms with van der Waals surface area (Å²) in [5.74, 6) is 0. The Morgan fingerprint density at radius 1 is 1.41 bits per heavy atom. The second-order valence-corrected chi connectivity index (χ2v) is 6.85. The Morgan fingerprint density at radius 2 is 2.09 bits per heavy atom. The van der Waals surface area contributed by atoms with Crippen molar-refractivity contribution in [2.24, 2.45) is 0 Å². The van der Waals surface area contributed by atoms with Gasteiger partial charge in [0.15, 0.2) is 0 Å². The molecule has 0 radical (unpaired) electrons. The van der Waals surface area contributed by atoms with Crippen LogP contribution in [0.2, 0.25) is 0 Å². The lowest BCUT2D eigenvalue weighted by atomic mass is 10.1. The molecule has 1 N–H and O–H groups in total. The van der Waals surface area contributed by atoms with Gasteiger partial charge in [0.1, 0.15) is 5.60 Å². The first-order chi connectivity index (χ1) is 10.4. The van der Waals surface area contributed by atoms with Crippen LogP contribution in [0.15, 0.2) is 12.4 Å². The maximum atomic E-state index is 12.0. The molecule has 0 spiro atoms. The summed E-state index contributed by atoms with van der Waals surface area (Å²) >= 11 is 0. The standard InChI is InChI=1S/C16H27N3O3/c1-16(2,3)22-15(21)18-8-6-14(7-9-18)19-12-13(11-17-19)5-4-10-20/h11-12,14,20H,4-10H2,1-3H3. The van der Waals surface area contributed by atoms with Gasteiger partial charge in [0, 0.05) is 25.9 Å². The van der Waals surface area contributed by atoms with Crippen molar-refractivity contribution in [3.8, 4) is 0 Å². The highest BCUT2D eigenvalue weighted by molar-refractivity contribution is 5.68. The highest BCUT2D eigenvalue weighted by Crippen LogP contribution is 2.23. The maximum Gasteiger partial charge on any atom is 0.410 e. The third-order valence-corrected chi connectivity index (χ3v) is 3.77. The lowest BCUT2D eigenvalue weighted by Crippen LogP contribution is -2.42. The number of likely N-dealkylation sites (tertiary alicyclic amines) is 1. The predicted molar refractivity (Wildman–Crippen MR) is 83.7 cm³/mol. The van der Waals surface area contributed by atoms with Crippen LogP contribution in [0.4, 0.5) is 4.79 Å². The first-order valence-electron chi connectivity index (χ1n) is 8.01. The van der Waals surface area contributed by atoms with Crippen molar-refractivity contribution >= 4 is 6.09 Å². The molecule has 6 nitrogen and oxygen atoms in total. The second kappa shape index (κ2) is 7.13. The van der Waals surface area contributed by atoms with Gasteiger partial charge < -0.3 is 14.7 Å². The first kappa shape index (κ1) is 16.8. The Bertz CT molecular complexity index is 485. The highest BCUT2D eigenvalue weighted by Gasteiger charge is 2.27. The van der Waals surface area contributed by atoms with Gasteiger partial charge in [-0.2, -0.15) is 5.10 Å². The van der Waals surface area contributed by atoms with Gasteiger partial charge in [-0.25, -0.2) is 4.79 Å². The Balaban J connectivity index is 1.84. The molecule has 124 valence electrons. The number of piperidine rings is 1. The molecule has 1 saturated heterocycles. The molecule has 0 saturated carbocycles. The molecule has 2 heterocycles. The minimum atomic E-state index is -0.447. The van der Waals surface area contributed by atoms with E-state index in [1.54, 1.807) is 4.90 Å². The van der Waals surface area contributed by atoms with Crippen molar-refractivity contribution in [3.05, 3.63) is 18.0 Å². The smallest absolute Gasteiger partial charge is 0.410 e. The summed E-state index contributed by atoms with van der Waals surface area (Å²) in [5.41, 5.74) is 0.709. The minimum absolute atomic E-state index is 0.208. The average molecular weight is 309 g/mol. The summed E-state index contributed by atoms with van der Waals surface area (Å²) < 4.78 is 7.41. The van der Waals surface area contributed by atoms with Gasteiger partial charge in [-0.3, -0.25) is 4.68 Å². The molecule has 6 heteroatoms. The molecular weight excluding hydrogens is 282 g/mol. The topological polar surface area (TPSA) is 67.6 Å². The van der Waals surface area contributed by atoms with E-state index in [1.165, 1.54) is 0 Å². The number of hydrogen-bond donors (Lipinski definition) is 1. The van der Waals surface area contributed by atoms with Gasteiger partial charge in [-0.1, -0.05) is 0 Å². The normalized spacial score (nSPS) is 16.8. The quantitative estimate of drug-likeness (QED) is 0.927. The van der Waals surface area contributed by atoms with Crippen LogP contribution in [0.3, 0.4) is 0 Å². The molecule has 1 aliphatic rings. The number of hydrogen-bond acceptors (Lipinski definition) is 4. The largest absolute Gasteiger partial charge is 0.444 e. The van der Waals surface area contributed by atoms with Gasteiger partial charge in [0.2, 0.25) is 0 Å². The lowest BCUT2D eigenvalue weighted by Gasteiger charge is -2.33. The van der Waals surface area contributed by atoms with Crippen LogP contribution >= 0.6 is 0 Å². The number of carbonyl (C=O) groups excluding carboxylic acids is 1. The van der Waals surface area contributed by atoms with Crippen LogP contribution in [0.5, 0.6) is 0 Å². The first-order valence-corrected chi connectivity index (χ1v) is 8.01. The van der Waals surface area contributed by atoms with Gasteiger partial charge in [0.25, 0.3) is 0 Å². The van der Waals surface area contributed by atoms with E-state index in [2.05, 4.69) is 11.3 Å². The molecule has 2 rings (SSSR count). The monoisotopic (exact) mass is 309 g/mol. The third kappa shape index (κ3) is 4.73. The van der Waals surface area contributed by atoms with Crippen LogP contribution in [-0.2, 0) is 11.2 Å². The summed E-state index contributed by atoms with van der Waals surface area (Å²) in [4.78, 5) is 13.8. The van der Waals surface area contributed by atoms with Crippen molar-refractivity contribution in [2.75, 3.05) is 19.7 Å². The van der Waals surface area contributed by atoms with E-state index < -0.39 is 5.60 Å². The van der Waals surface area contributed by atoms with Gasteiger partial charge >= 0.3 is 6.09 Å².